The predicted octanol–water partition coefficient (Wildman–Crippen LogP) is 3.97. The van der Waals surface area contributed by atoms with Crippen LogP contribution < -0.4 is 5.32 Å². The second-order valence-corrected chi connectivity index (χ2v) is 4.51. The quantitative estimate of drug-likeness (QED) is 0.498. The number of amidine groups is 1. The molecule has 0 atom stereocenters. The zero-order chi connectivity index (χ0) is 12.3. The molecule has 0 radical (unpaired) electrons. The number of anilines is 1. The van der Waals surface area contributed by atoms with E-state index in [4.69, 9.17) is 0 Å². The summed E-state index contributed by atoms with van der Waals surface area (Å²) in [5.41, 5.74) is -0.184. The zero-order valence-electron chi connectivity index (χ0n) is 9.31. The molecule has 0 aliphatic heterocycles. The summed E-state index contributed by atoms with van der Waals surface area (Å²) in [6, 6.07) is 2.59. The van der Waals surface area contributed by atoms with Gasteiger partial charge in [-0.15, -0.1) is 0 Å². The van der Waals surface area contributed by atoms with E-state index in [1.807, 2.05) is 13.8 Å². The number of rotatable bonds is 2. The maximum absolute atomic E-state index is 13.6. The first-order valence-electron chi connectivity index (χ1n) is 4.86. The van der Waals surface area contributed by atoms with Crippen LogP contribution in [0, 0.1) is 11.6 Å². The van der Waals surface area contributed by atoms with Crippen LogP contribution >= 0.6 is 15.9 Å². The van der Waals surface area contributed by atoms with Crippen molar-refractivity contribution in [3.05, 3.63) is 28.2 Å². The SMILES string of the molecule is CC(=NC(C)C)Nc1c(F)ccc(Br)c1F. The topological polar surface area (TPSA) is 24.4 Å². The molecule has 88 valence electrons. The molecule has 16 heavy (non-hydrogen) atoms. The monoisotopic (exact) mass is 290 g/mol. The Morgan fingerprint density at radius 2 is 2.00 bits per heavy atom. The van der Waals surface area contributed by atoms with Crippen LogP contribution in [-0.2, 0) is 0 Å². The fourth-order valence-corrected chi connectivity index (χ4v) is 1.57. The Bertz CT molecular complexity index is 417. The first-order valence-corrected chi connectivity index (χ1v) is 5.66. The van der Waals surface area contributed by atoms with E-state index in [0.29, 0.717) is 5.84 Å². The molecule has 0 saturated carbocycles. The normalized spacial score (nSPS) is 12.1. The van der Waals surface area contributed by atoms with Crippen LogP contribution in [-0.4, -0.2) is 11.9 Å². The second-order valence-electron chi connectivity index (χ2n) is 3.65. The lowest BCUT2D eigenvalue weighted by Crippen LogP contribution is -2.12. The van der Waals surface area contributed by atoms with Crippen molar-refractivity contribution in [2.45, 2.75) is 26.8 Å². The van der Waals surface area contributed by atoms with Crippen LogP contribution in [0.2, 0.25) is 0 Å². The number of nitrogens with one attached hydrogen (secondary N) is 1. The third kappa shape index (κ3) is 3.27. The third-order valence-corrected chi connectivity index (χ3v) is 2.41. The first-order chi connectivity index (χ1) is 7.41. The highest BCUT2D eigenvalue weighted by Gasteiger charge is 2.12. The fourth-order valence-electron chi connectivity index (χ4n) is 1.24. The van der Waals surface area contributed by atoms with Crippen LogP contribution in [0.5, 0.6) is 0 Å². The van der Waals surface area contributed by atoms with Gasteiger partial charge in [0, 0.05) is 6.04 Å². The van der Waals surface area contributed by atoms with E-state index in [0.717, 1.165) is 0 Å². The van der Waals surface area contributed by atoms with E-state index in [2.05, 4.69) is 26.2 Å². The molecule has 0 spiro atoms. The standard InChI is InChI=1S/C11H13BrF2N2/c1-6(2)15-7(3)16-11-9(13)5-4-8(12)10(11)14/h4-6H,1-3H3,(H,15,16). The van der Waals surface area contributed by atoms with Crippen molar-refractivity contribution < 1.29 is 8.78 Å². The van der Waals surface area contributed by atoms with Gasteiger partial charge >= 0.3 is 0 Å². The Morgan fingerprint density at radius 3 is 2.56 bits per heavy atom. The van der Waals surface area contributed by atoms with Gasteiger partial charge in [0.25, 0.3) is 0 Å². The lowest BCUT2D eigenvalue weighted by atomic mass is 10.3. The van der Waals surface area contributed by atoms with Gasteiger partial charge in [-0.2, -0.15) is 0 Å². The maximum atomic E-state index is 13.6. The third-order valence-electron chi connectivity index (χ3n) is 1.80. The Labute approximate surface area is 102 Å². The minimum absolute atomic E-state index is 0.0748. The van der Waals surface area contributed by atoms with Gasteiger partial charge in [0.05, 0.1) is 10.3 Å². The Hall–Kier alpha value is -0.970. The van der Waals surface area contributed by atoms with E-state index >= 15 is 0 Å². The molecule has 0 aliphatic carbocycles. The fraction of sp³-hybridized carbons (Fsp3) is 0.364. The molecule has 1 aromatic rings. The molecule has 0 fully saturated rings. The number of hydrogen-bond donors (Lipinski definition) is 1. The smallest absolute Gasteiger partial charge is 0.163 e. The van der Waals surface area contributed by atoms with Crippen molar-refractivity contribution in [3.8, 4) is 0 Å². The number of aliphatic imine (C=N–C) groups is 1. The average Bonchev–Trinajstić information content (AvgIpc) is 2.17. The lowest BCUT2D eigenvalue weighted by Gasteiger charge is -2.10. The maximum Gasteiger partial charge on any atom is 0.163 e. The van der Waals surface area contributed by atoms with E-state index < -0.39 is 11.6 Å². The minimum Gasteiger partial charge on any atom is -0.339 e. The van der Waals surface area contributed by atoms with Crippen LogP contribution in [0.3, 0.4) is 0 Å². The van der Waals surface area contributed by atoms with E-state index in [1.165, 1.54) is 12.1 Å². The molecule has 0 saturated heterocycles. The van der Waals surface area contributed by atoms with Crippen molar-refractivity contribution in [2.24, 2.45) is 4.99 Å². The van der Waals surface area contributed by atoms with Gasteiger partial charge < -0.3 is 5.32 Å². The van der Waals surface area contributed by atoms with Crippen LogP contribution in [0.4, 0.5) is 14.5 Å². The van der Waals surface area contributed by atoms with Crippen LogP contribution in [0.15, 0.2) is 21.6 Å². The number of halogens is 3. The highest BCUT2D eigenvalue weighted by molar-refractivity contribution is 9.10. The van der Waals surface area contributed by atoms with Crippen molar-refractivity contribution in [3.63, 3.8) is 0 Å². The molecular weight excluding hydrogens is 278 g/mol. The summed E-state index contributed by atoms with van der Waals surface area (Å²) in [5.74, 6) is -0.816. The summed E-state index contributed by atoms with van der Waals surface area (Å²) < 4.78 is 27.1. The van der Waals surface area contributed by atoms with E-state index in [1.54, 1.807) is 6.92 Å². The van der Waals surface area contributed by atoms with Crippen molar-refractivity contribution in [2.75, 3.05) is 5.32 Å². The van der Waals surface area contributed by atoms with E-state index in [-0.39, 0.29) is 16.2 Å². The molecule has 0 aromatic heterocycles. The van der Waals surface area contributed by atoms with Gasteiger partial charge in [0.15, 0.2) is 5.82 Å². The highest BCUT2D eigenvalue weighted by atomic mass is 79.9. The second kappa shape index (κ2) is 5.39. The summed E-state index contributed by atoms with van der Waals surface area (Å²) in [4.78, 5) is 4.14. The molecule has 0 heterocycles. The number of nitrogens with zero attached hydrogens (tertiary/aromatic N) is 1. The highest BCUT2D eigenvalue weighted by Crippen LogP contribution is 2.25. The predicted molar refractivity (Wildman–Crippen MR) is 65.9 cm³/mol. The summed E-state index contributed by atoms with van der Waals surface area (Å²) in [5, 5.41) is 2.62. The largest absolute Gasteiger partial charge is 0.339 e. The molecule has 1 aromatic carbocycles. The van der Waals surface area contributed by atoms with Crippen molar-refractivity contribution in [1.29, 1.82) is 0 Å². The van der Waals surface area contributed by atoms with Gasteiger partial charge in [-0.3, -0.25) is 4.99 Å². The first kappa shape index (κ1) is 13.1. The Morgan fingerprint density at radius 1 is 1.38 bits per heavy atom. The molecule has 5 heteroatoms. The molecule has 0 aliphatic rings. The van der Waals surface area contributed by atoms with Gasteiger partial charge in [-0.05, 0) is 48.8 Å². The molecular formula is C11H13BrF2N2. The minimum atomic E-state index is -0.654. The van der Waals surface area contributed by atoms with Crippen molar-refractivity contribution >= 4 is 27.5 Å². The summed E-state index contributed by atoms with van der Waals surface area (Å²) >= 11 is 3.00. The Kier molecular flexibility index (Phi) is 4.41. The lowest BCUT2D eigenvalue weighted by molar-refractivity contribution is 0.587. The average molecular weight is 291 g/mol. The van der Waals surface area contributed by atoms with Gasteiger partial charge in [-0.1, -0.05) is 0 Å². The van der Waals surface area contributed by atoms with Crippen molar-refractivity contribution in [1.82, 2.24) is 0 Å². The van der Waals surface area contributed by atoms with Crippen LogP contribution in [0.25, 0.3) is 0 Å². The number of hydrogen-bond acceptors (Lipinski definition) is 1. The molecule has 1 N–H and O–H groups in total. The Balaban J connectivity index is 3.02. The summed E-state index contributed by atoms with van der Waals surface area (Å²) in [7, 11) is 0. The summed E-state index contributed by atoms with van der Waals surface area (Å²) in [6.45, 7) is 5.44. The molecule has 0 bridgehead atoms. The van der Waals surface area contributed by atoms with Gasteiger partial charge in [0.1, 0.15) is 11.5 Å². The molecule has 0 unspecified atom stereocenters. The number of benzene rings is 1. The van der Waals surface area contributed by atoms with Gasteiger partial charge in [0.2, 0.25) is 0 Å². The van der Waals surface area contributed by atoms with Crippen LogP contribution in [0.1, 0.15) is 20.8 Å². The van der Waals surface area contributed by atoms with E-state index in [9.17, 15) is 8.78 Å². The molecule has 2 nitrogen and oxygen atoms in total. The molecule has 0 amide bonds. The summed E-state index contributed by atoms with van der Waals surface area (Å²) in [6.07, 6.45) is 0. The molecule has 1 rings (SSSR count). The van der Waals surface area contributed by atoms with Gasteiger partial charge in [-0.25, -0.2) is 8.78 Å². The zero-order valence-corrected chi connectivity index (χ0v) is 10.9.